The van der Waals surface area contributed by atoms with Crippen molar-refractivity contribution >= 4 is 38.6 Å². The molecule has 0 N–H and O–H groups in total. The predicted molar refractivity (Wildman–Crippen MR) is 166 cm³/mol. The lowest BCUT2D eigenvalue weighted by molar-refractivity contribution is -0.401. The maximum atomic E-state index is 2.35. The van der Waals surface area contributed by atoms with Gasteiger partial charge >= 0.3 is 0 Å². The highest BCUT2D eigenvalue weighted by Gasteiger charge is 2.44. The summed E-state index contributed by atoms with van der Waals surface area (Å²) in [6, 6.07) is 26.4. The molecule has 2 heteroatoms. The van der Waals surface area contributed by atoms with Crippen LogP contribution in [0, 0.1) is 0 Å². The first-order chi connectivity index (χ1) is 17.7. The zero-order valence-corrected chi connectivity index (χ0v) is 22.7. The van der Waals surface area contributed by atoms with Crippen LogP contribution in [0.4, 0.5) is 11.4 Å². The SMILES string of the molecule is C.CN1C(=CC=CC=CC2=[N+](C)c3ccc4ccccc4c3C2(C)C)C(C)(C)c2c1ccc1ccccc21. The number of rotatable bonds is 3. The molecule has 0 radical (unpaired) electrons. The van der Waals surface area contributed by atoms with Gasteiger partial charge in [-0.3, -0.25) is 0 Å². The van der Waals surface area contributed by atoms with Gasteiger partial charge in [-0.1, -0.05) is 94.1 Å². The Labute approximate surface area is 227 Å². The third-order valence-electron chi connectivity index (χ3n) is 8.52. The largest absolute Gasteiger partial charge is 0.347 e. The van der Waals surface area contributed by atoms with Crippen molar-refractivity contribution in [3.05, 3.63) is 120 Å². The van der Waals surface area contributed by atoms with E-state index in [1.807, 2.05) is 0 Å². The molecule has 4 aromatic rings. The number of anilines is 1. The predicted octanol–water partition coefficient (Wildman–Crippen LogP) is 9.06. The van der Waals surface area contributed by atoms with Crippen LogP contribution < -0.4 is 4.90 Å². The Morgan fingerprint density at radius 3 is 1.97 bits per heavy atom. The highest BCUT2D eigenvalue weighted by molar-refractivity contribution is 6.07. The fraction of sp³-hybridized carbons (Fsp3) is 0.250. The first kappa shape index (κ1) is 25.7. The lowest BCUT2D eigenvalue weighted by atomic mass is 9.79. The van der Waals surface area contributed by atoms with E-state index in [1.165, 1.54) is 55.5 Å². The van der Waals surface area contributed by atoms with Crippen LogP contribution in [-0.4, -0.2) is 24.4 Å². The average Bonchev–Trinajstić information content (AvgIpc) is 3.21. The molecule has 0 atom stereocenters. The second-order valence-corrected chi connectivity index (χ2v) is 11.4. The molecule has 2 aliphatic heterocycles. The van der Waals surface area contributed by atoms with Gasteiger partial charge in [-0.25, -0.2) is 0 Å². The maximum Gasteiger partial charge on any atom is 0.210 e. The molecule has 0 fully saturated rings. The summed E-state index contributed by atoms with van der Waals surface area (Å²) < 4.78 is 2.35. The fourth-order valence-electron chi connectivity index (χ4n) is 6.74. The number of hydrogen-bond acceptors (Lipinski definition) is 1. The Morgan fingerprint density at radius 2 is 1.29 bits per heavy atom. The molecule has 38 heavy (non-hydrogen) atoms. The molecule has 0 saturated heterocycles. The van der Waals surface area contributed by atoms with Crippen LogP contribution in [0.3, 0.4) is 0 Å². The van der Waals surface area contributed by atoms with Crippen LogP contribution in [0.25, 0.3) is 21.5 Å². The van der Waals surface area contributed by atoms with E-state index in [2.05, 4.69) is 154 Å². The number of allylic oxidation sites excluding steroid dienone is 6. The fourth-order valence-corrected chi connectivity index (χ4v) is 6.74. The molecule has 0 saturated carbocycles. The van der Waals surface area contributed by atoms with Gasteiger partial charge in [-0.2, -0.15) is 4.58 Å². The molecule has 0 aromatic heterocycles. The minimum Gasteiger partial charge on any atom is -0.347 e. The lowest BCUT2D eigenvalue weighted by Crippen LogP contribution is -2.26. The Balaban J connectivity index is 0.00000294. The van der Waals surface area contributed by atoms with Gasteiger partial charge in [0.15, 0.2) is 5.71 Å². The zero-order valence-electron chi connectivity index (χ0n) is 22.7. The van der Waals surface area contributed by atoms with Crippen molar-refractivity contribution < 1.29 is 4.58 Å². The monoisotopic (exact) mass is 499 g/mol. The molecule has 2 aliphatic rings. The zero-order chi connectivity index (χ0) is 25.9. The Bertz CT molecular complexity index is 1690. The Hall–Kier alpha value is -3.91. The van der Waals surface area contributed by atoms with Gasteiger partial charge in [0.25, 0.3) is 0 Å². The van der Waals surface area contributed by atoms with Gasteiger partial charge < -0.3 is 4.90 Å². The maximum absolute atomic E-state index is 2.35. The van der Waals surface area contributed by atoms with E-state index in [1.54, 1.807) is 0 Å². The topological polar surface area (TPSA) is 6.25 Å². The number of benzene rings is 4. The molecule has 4 aromatic carbocycles. The lowest BCUT2D eigenvalue weighted by Gasteiger charge is -2.24. The molecule has 192 valence electrons. The van der Waals surface area contributed by atoms with Crippen molar-refractivity contribution in [3.63, 3.8) is 0 Å². The third kappa shape index (κ3) is 3.66. The van der Waals surface area contributed by atoms with Gasteiger partial charge in [0.2, 0.25) is 5.69 Å². The van der Waals surface area contributed by atoms with Gasteiger partial charge in [-0.05, 0) is 59.2 Å². The van der Waals surface area contributed by atoms with E-state index < -0.39 is 0 Å². The summed E-state index contributed by atoms with van der Waals surface area (Å²) in [5.41, 5.74) is 7.93. The first-order valence-corrected chi connectivity index (χ1v) is 13.2. The summed E-state index contributed by atoms with van der Waals surface area (Å²) in [5.74, 6) is 0. The normalized spacial score (nSPS) is 18.7. The van der Waals surface area contributed by atoms with Gasteiger partial charge in [0, 0.05) is 41.6 Å². The van der Waals surface area contributed by atoms with Crippen molar-refractivity contribution in [2.75, 3.05) is 19.0 Å². The van der Waals surface area contributed by atoms with E-state index in [4.69, 9.17) is 0 Å². The van der Waals surface area contributed by atoms with Gasteiger partial charge in [0.05, 0.1) is 5.41 Å². The summed E-state index contributed by atoms with van der Waals surface area (Å²) in [6.45, 7) is 9.35. The molecule has 0 amide bonds. The molecular weight excluding hydrogens is 460 g/mol. The van der Waals surface area contributed by atoms with Crippen molar-refractivity contribution in [2.24, 2.45) is 0 Å². The Morgan fingerprint density at radius 1 is 0.684 bits per heavy atom. The van der Waals surface area contributed by atoms with E-state index in [9.17, 15) is 0 Å². The minimum atomic E-state index is -0.0654. The number of nitrogens with zero attached hydrogens (tertiary/aromatic N) is 2. The Kier molecular flexibility index (Phi) is 6.18. The molecule has 0 aliphatic carbocycles. The van der Waals surface area contributed by atoms with E-state index in [0.29, 0.717) is 0 Å². The van der Waals surface area contributed by atoms with Crippen molar-refractivity contribution in [1.29, 1.82) is 0 Å². The van der Waals surface area contributed by atoms with E-state index in [0.717, 1.165) is 0 Å². The van der Waals surface area contributed by atoms with Crippen molar-refractivity contribution in [2.45, 2.75) is 46.0 Å². The van der Waals surface area contributed by atoms with E-state index in [-0.39, 0.29) is 18.3 Å². The summed E-state index contributed by atoms with van der Waals surface area (Å²) in [4.78, 5) is 2.35. The molecule has 0 unspecified atom stereocenters. The number of likely N-dealkylation sites (N-methyl/N-ethyl adjacent to an activating group) is 1. The third-order valence-corrected chi connectivity index (χ3v) is 8.52. The average molecular weight is 500 g/mol. The second-order valence-electron chi connectivity index (χ2n) is 11.4. The van der Waals surface area contributed by atoms with E-state index >= 15 is 0 Å². The van der Waals surface area contributed by atoms with Gasteiger partial charge in [-0.15, -0.1) is 0 Å². The van der Waals surface area contributed by atoms with Crippen molar-refractivity contribution in [3.8, 4) is 0 Å². The number of hydrogen-bond donors (Lipinski definition) is 0. The molecule has 2 heterocycles. The minimum absolute atomic E-state index is 0. The van der Waals surface area contributed by atoms with Crippen LogP contribution in [0.15, 0.2) is 109 Å². The van der Waals surface area contributed by atoms with Crippen molar-refractivity contribution in [1.82, 2.24) is 0 Å². The first-order valence-electron chi connectivity index (χ1n) is 13.2. The van der Waals surface area contributed by atoms with Crippen LogP contribution in [0.2, 0.25) is 0 Å². The standard InChI is InChI=1S/C35H35N2.CH4/c1-34(2)30(36(5)28-22-20-24-14-10-12-16-26(24)32(28)34)18-8-7-9-19-31-35(3,4)33-27-17-13-11-15-25(27)21-23-29(33)37(31)6;/h7-23H,1-6H3;1H4/q+1;. The second kappa shape index (κ2) is 9.13. The van der Waals surface area contributed by atoms with Crippen LogP contribution >= 0.6 is 0 Å². The molecule has 0 spiro atoms. The molecule has 2 nitrogen and oxygen atoms in total. The summed E-state index contributed by atoms with van der Waals surface area (Å²) in [5, 5.41) is 5.30. The van der Waals surface area contributed by atoms with Crippen LogP contribution in [-0.2, 0) is 10.8 Å². The molecule has 0 bridgehead atoms. The highest BCUT2D eigenvalue weighted by Crippen LogP contribution is 2.50. The van der Waals surface area contributed by atoms with Crippen LogP contribution in [0.5, 0.6) is 0 Å². The summed E-state index contributed by atoms with van der Waals surface area (Å²) in [6.07, 6.45) is 11.1. The number of fused-ring (bicyclic) bond motifs is 6. The summed E-state index contributed by atoms with van der Waals surface area (Å²) in [7, 11) is 4.37. The smallest absolute Gasteiger partial charge is 0.210 e. The molecule has 6 rings (SSSR count). The summed E-state index contributed by atoms with van der Waals surface area (Å²) >= 11 is 0. The highest BCUT2D eigenvalue weighted by atomic mass is 15.2. The van der Waals surface area contributed by atoms with Crippen LogP contribution in [0.1, 0.15) is 46.2 Å². The van der Waals surface area contributed by atoms with Gasteiger partial charge in [0.1, 0.15) is 7.05 Å². The quantitative estimate of drug-likeness (QED) is 0.201. The molecular formula is C36H39N2+.